The zero-order chi connectivity index (χ0) is 14.4. The monoisotopic (exact) mass is 289 g/mol. The molecule has 0 aliphatic heterocycles. The van der Waals surface area contributed by atoms with Crippen LogP contribution in [0.25, 0.3) is 0 Å². The molecule has 0 spiro atoms. The van der Waals surface area contributed by atoms with E-state index >= 15 is 0 Å². The molecule has 0 amide bonds. The van der Waals surface area contributed by atoms with E-state index in [2.05, 4.69) is 62.5 Å². The Morgan fingerprint density at radius 2 is 1.75 bits per heavy atom. The second kappa shape index (κ2) is 7.55. The fourth-order valence-corrected chi connectivity index (χ4v) is 2.74. The highest BCUT2D eigenvalue weighted by molar-refractivity contribution is 7.98. The Bertz CT molecular complexity index is 516. The van der Waals surface area contributed by atoms with Crippen molar-refractivity contribution in [3.63, 3.8) is 0 Å². The van der Waals surface area contributed by atoms with Crippen LogP contribution in [0.1, 0.15) is 43.8 Å². The molecule has 20 heavy (non-hydrogen) atoms. The van der Waals surface area contributed by atoms with Crippen LogP contribution in [-0.4, -0.2) is 6.54 Å². The van der Waals surface area contributed by atoms with Gasteiger partial charge in [0.2, 0.25) is 0 Å². The highest BCUT2D eigenvalue weighted by Gasteiger charge is 2.04. The first-order chi connectivity index (χ1) is 9.69. The summed E-state index contributed by atoms with van der Waals surface area (Å²) in [5.41, 5.74) is 1.39. The van der Waals surface area contributed by atoms with Gasteiger partial charge in [-0.15, -0.1) is 11.8 Å². The van der Waals surface area contributed by atoms with Gasteiger partial charge in [-0.25, -0.2) is 0 Å². The van der Waals surface area contributed by atoms with Crippen molar-refractivity contribution in [2.24, 2.45) is 0 Å². The van der Waals surface area contributed by atoms with Gasteiger partial charge >= 0.3 is 0 Å². The lowest BCUT2D eigenvalue weighted by Gasteiger charge is -2.06. The van der Waals surface area contributed by atoms with Crippen molar-refractivity contribution in [1.29, 1.82) is 0 Å². The number of rotatable bonds is 7. The molecule has 2 rings (SSSR count). The fraction of sp³-hybridized carbons (Fsp3) is 0.412. The molecule has 0 bridgehead atoms. The van der Waals surface area contributed by atoms with E-state index < -0.39 is 0 Å². The van der Waals surface area contributed by atoms with Crippen molar-refractivity contribution in [3.8, 4) is 0 Å². The molecule has 1 heterocycles. The van der Waals surface area contributed by atoms with E-state index in [0.29, 0.717) is 5.92 Å². The molecule has 0 fully saturated rings. The summed E-state index contributed by atoms with van der Waals surface area (Å²) in [5.74, 6) is 3.52. The molecule has 3 heteroatoms. The maximum absolute atomic E-state index is 5.79. The van der Waals surface area contributed by atoms with Crippen LogP contribution >= 0.6 is 11.8 Å². The molecule has 1 N–H and O–H groups in total. The summed E-state index contributed by atoms with van der Waals surface area (Å²) in [5, 5.41) is 3.27. The molecule has 1 aromatic heterocycles. The largest absolute Gasteiger partial charge is 0.464 e. The van der Waals surface area contributed by atoms with Crippen molar-refractivity contribution in [2.75, 3.05) is 6.54 Å². The first-order valence-electron chi connectivity index (χ1n) is 7.20. The molecule has 2 nitrogen and oxygen atoms in total. The van der Waals surface area contributed by atoms with Gasteiger partial charge in [0, 0.05) is 4.90 Å². The van der Waals surface area contributed by atoms with E-state index in [4.69, 9.17) is 4.42 Å². The maximum Gasteiger partial charge on any atom is 0.117 e. The zero-order valence-corrected chi connectivity index (χ0v) is 13.3. The van der Waals surface area contributed by atoms with Gasteiger partial charge in [0.15, 0.2) is 0 Å². The molecule has 108 valence electrons. The molecule has 0 saturated carbocycles. The van der Waals surface area contributed by atoms with Crippen LogP contribution in [0.4, 0.5) is 0 Å². The van der Waals surface area contributed by atoms with E-state index in [9.17, 15) is 0 Å². The Labute approximate surface area is 126 Å². The van der Waals surface area contributed by atoms with Crippen LogP contribution in [0, 0.1) is 0 Å². The van der Waals surface area contributed by atoms with Crippen molar-refractivity contribution in [3.05, 3.63) is 53.5 Å². The first-order valence-corrected chi connectivity index (χ1v) is 8.18. The molecule has 0 radical (unpaired) electrons. The lowest BCUT2D eigenvalue weighted by molar-refractivity contribution is 0.463. The molecule has 0 aliphatic carbocycles. The van der Waals surface area contributed by atoms with Gasteiger partial charge in [-0.1, -0.05) is 32.9 Å². The first kappa shape index (κ1) is 15.2. The molecule has 0 unspecified atom stereocenters. The smallest absolute Gasteiger partial charge is 0.117 e. The Hall–Kier alpha value is -1.19. The predicted octanol–water partition coefficient (Wildman–Crippen LogP) is 4.80. The topological polar surface area (TPSA) is 25.2 Å². The van der Waals surface area contributed by atoms with Crippen LogP contribution < -0.4 is 5.32 Å². The minimum absolute atomic E-state index is 0.591. The van der Waals surface area contributed by atoms with Crippen molar-refractivity contribution >= 4 is 11.8 Å². The van der Waals surface area contributed by atoms with E-state index in [1.165, 1.54) is 10.5 Å². The Morgan fingerprint density at radius 1 is 1.05 bits per heavy atom. The summed E-state index contributed by atoms with van der Waals surface area (Å²) in [6.07, 6.45) is 0. The summed E-state index contributed by atoms with van der Waals surface area (Å²) < 4.78 is 5.79. The Balaban J connectivity index is 1.86. The van der Waals surface area contributed by atoms with E-state index in [0.717, 1.165) is 30.4 Å². The van der Waals surface area contributed by atoms with E-state index in [1.54, 1.807) is 0 Å². The quantitative estimate of drug-likeness (QED) is 0.741. The average molecular weight is 289 g/mol. The zero-order valence-electron chi connectivity index (χ0n) is 12.5. The van der Waals surface area contributed by atoms with E-state index in [1.807, 2.05) is 11.8 Å². The summed E-state index contributed by atoms with van der Waals surface area (Å²) in [4.78, 5) is 1.29. The SMILES string of the molecule is CCNCc1ccc(CSc2ccc(C(C)C)cc2)o1. The molecule has 0 atom stereocenters. The number of benzene rings is 1. The standard InChI is InChI=1S/C17H23NOS/c1-4-18-11-15-7-8-16(19-15)12-20-17-9-5-14(6-10-17)13(2)3/h5-10,13,18H,4,11-12H2,1-3H3. The Morgan fingerprint density at radius 3 is 2.40 bits per heavy atom. The minimum atomic E-state index is 0.591. The lowest BCUT2D eigenvalue weighted by atomic mass is 10.0. The normalized spacial score (nSPS) is 11.2. The van der Waals surface area contributed by atoms with Gasteiger partial charge in [0.25, 0.3) is 0 Å². The molecular formula is C17H23NOS. The summed E-state index contributed by atoms with van der Waals surface area (Å²) in [6, 6.07) is 12.9. The predicted molar refractivity (Wildman–Crippen MR) is 86.2 cm³/mol. The Kier molecular flexibility index (Phi) is 5.74. The summed E-state index contributed by atoms with van der Waals surface area (Å²) in [7, 11) is 0. The van der Waals surface area contributed by atoms with Crippen LogP contribution in [0.5, 0.6) is 0 Å². The van der Waals surface area contributed by atoms with Gasteiger partial charge in [0.1, 0.15) is 11.5 Å². The number of hydrogen-bond acceptors (Lipinski definition) is 3. The molecule has 2 aromatic rings. The van der Waals surface area contributed by atoms with Crippen LogP contribution in [0.15, 0.2) is 45.7 Å². The molecule has 0 aliphatic rings. The maximum atomic E-state index is 5.79. The summed E-state index contributed by atoms with van der Waals surface area (Å²) in [6.45, 7) is 8.31. The minimum Gasteiger partial charge on any atom is -0.464 e. The number of hydrogen-bond donors (Lipinski definition) is 1. The van der Waals surface area contributed by atoms with Crippen LogP contribution in [0.2, 0.25) is 0 Å². The molecule has 0 saturated heterocycles. The fourth-order valence-electron chi connectivity index (χ4n) is 1.95. The lowest BCUT2D eigenvalue weighted by Crippen LogP contribution is -2.10. The van der Waals surface area contributed by atoms with Gasteiger partial charge in [0.05, 0.1) is 12.3 Å². The second-order valence-electron chi connectivity index (χ2n) is 5.16. The second-order valence-corrected chi connectivity index (χ2v) is 6.21. The molecule has 1 aromatic carbocycles. The third kappa shape index (κ3) is 4.43. The van der Waals surface area contributed by atoms with Gasteiger partial charge < -0.3 is 9.73 Å². The van der Waals surface area contributed by atoms with Crippen molar-refractivity contribution in [2.45, 2.75) is 43.9 Å². The van der Waals surface area contributed by atoms with Crippen LogP contribution in [0.3, 0.4) is 0 Å². The third-order valence-corrected chi connectivity index (χ3v) is 4.23. The van der Waals surface area contributed by atoms with Gasteiger partial charge in [-0.05, 0) is 42.3 Å². The van der Waals surface area contributed by atoms with Crippen molar-refractivity contribution in [1.82, 2.24) is 5.32 Å². The van der Waals surface area contributed by atoms with Gasteiger partial charge in [-0.3, -0.25) is 0 Å². The highest BCUT2D eigenvalue weighted by Crippen LogP contribution is 2.25. The summed E-state index contributed by atoms with van der Waals surface area (Å²) >= 11 is 1.82. The third-order valence-electron chi connectivity index (χ3n) is 3.19. The van der Waals surface area contributed by atoms with Gasteiger partial charge in [-0.2, -0.15) is 0 Å². The van der Waals surface area contributed by atoms with Crippen LogP contribution in [-0.2, 0) is 12.3 Å². The average Bonchev–Trinajstić information content (AvgIpc) is 2.91. The van der Waals surface area contributed by atoms with E-state index in [-0.39, 0.29) is 0 Å². The number of thioether (sulfide) groups is 1. The number of furan rings is 1. The molecular weight excluding hydrogens is 266 g/mol. The number of nitrogens with one attached hydrogen (secondary N) is 1. The highest BCUT2D eigenvalue weighted by atomic mass is 32.2. The van der Waals surface area contributed by atoms with Crippen molar-refractivity contribution < 1.29 is 4.42 Å².